The first-order valence-electron chi connectivity index (χ1n) is 9.55. The maximum atomic E-state index is 13.0. The predicted octanol–water partition coefficient (Wildman–Crippen LogP) is 5.33. The Kier molecular flexibility index (Phi) is 8.70. The Morgan fingerprint density at radius 3 is 2.72 bits per heavy atom. The molecule has 25 heavy (non-hydrogen) atoms. The van der Waals surface area contributed by atoms with Crippen LogP contribution in [0.2, 0.25) is 0 Å². The number of hydrogen-bond donors (Lipinski definition) is 0. The summed E-state index contributed by atoms with van der Waals surface area (Å²) >= 11 is 1.31. The Bertz CT molecular complexity index is 445. The topological polar surface area (TPSA) is 24.8 Å². The summed E-state index contributed by atoms with van der Waals surface area (Å²) in [6.45, 7) is 8.04. The van der Waals surface area contributed by atoms with Gasteiger partial charge in [0.1, 0.15) is 0 Å². The highest BCUT2D eigenvalue weighted by Gasteiger charge is 2.23. The summed E-state index contributed by atoms with van der Waals surface area (Å²) in [5.74, 6) is -1.94. The second-order valence-electron chi connectivity index (χ2n) is 7.39. The van der Waals surface area contributed by atoms with Crippen LogP contribution < -0.4 is 0 Å². The largest absolute Gasteiger partial charge is 0.466 e. The minimum atomic E-state index is -2.84. The van der Waals surface area contributed by atoms with E-state index in [-0.39, 0.29) is 0 Å². The molecule has 0 aromatic rings. The van der Waals surface area contributed by atoms with Crippen molar-refractivity contribution in [3.05, 3.63) is 11.5 Å². The molecule has 0 unspecified atom stereocenters. The van der Waals surface area contributed by atoms with Crippen LogP contribution in [0, 0.1) is 5.92 Å². The summed E-state index contributed by atoms with van der Waals surface area (Å²) in [5.41, 5.74) is 0. The van der Waals surface area contributed by atoms with Crippen LogP contribution in [-0.2, 0) is 4.74 Å². The van der Waals surface area contributed by atoms with Gasteiger partial charge in [-0.1, -0.05) is 38.7 Å². The lowest BCUT2D eigenvalue weighted by Crippen LogP contribution is -2.30. The molecule has 1 fully saturated rings. The number of hydrogen-bond acceptors (Lipinski definition) is 4. The van der Waals surface area contributed by atoms with Crippen LogP contribution in [0.3, 0.4) is 0 Å². The number of rotatable bonds is 5. The SMILES string of the molecule is C=C1CCN(CCC2CCCCC2)CCC/N=C(/OCC(C)(F)F)S1. The van der Waals surface area contributed by atoms with Crippen molar-refractivity contribution in [1.82, 2.24) is 4.90 Å². The van der Waals surface area contributed by atoms with E-state index in [1.54, 1.807) is 0 Å². The summed E-state index contributed by atoms with van der Waals surface area (Å²) in [7, 11) is 0. The van der Waals surface area contributed by atoms with Crippen LogP contribution in [0.15, 0.2) is 16.5 Å². The maximum absolute atomic E-state index is 13.0. The normalized spacial score (nSPS) is 24.6. The van der Waals surface area contributed by atoms with Gasteiger partial charge in [0.15, 0.2) is 6.61 Å². The third-order valence-electron chi connectivity index (χ3n) is 4.84. The molecule has 1 aliphatic carbocycles. The van der Waals surface area contributed by atoms with Crippen LogP contribution in [0.1, 0.15) is 58.3 Å². The number of thioether (sulfide) groups is 1. The zero-order valence-electron chi connectivity index (χ0n) is 15.4. The minimum Gasteiger partial charge on any atom is -0.466 e. The number of alkyl halides is 2. The van der Waals surface area contributed by atoms with E-state index in [1.165, 1.54) is 50.3 Å². The van der Waals surface area contributed by atoms with Gasteiger partial charge in [-0.2, -0.15) is 0 Å². The Morgan fingerprint density at radius 2 is 2.00 bits per heavy atom. The quantitative estimate of drug-likeness (QED) is 0.650. The van der Waals surface area contributed by atoms with E-state index in [0.29, 0.717) is 11.8 Å². The molecule has 0 atom stereocenters. The third-order valence-corrected chi connectivity index (χ3v) is 5.75. The zero-order chi connectivity index (χ0) is 18.1. The number of nitrogens with zero attached hydrogens (tertiary/aromatic N) is 2. The van der Waals surface area contributed by atoms with E-state index in [1.807, 2.05) is 0 Å². The Hall–Kier alpha value is -0.620. The lowest BCUT2D eigenvalue weighted by atomic mass is 9.87. The third kappa shape index (κ3) is 9.04. The maximum Gasteiger partial charge on any atom is 0.278 e. The summed E-state index contributed by atoms with van der Waals surface area (Å²) in [4.78, 5) is 7.81. The number of aliphatic imine (C=N–C) groups is 1. The van der Waals surface area contributed by atoms with Gasteiger partial charge < -0.3 is 9.64 Å². The van der Waals surface area contributed by atoms with Crippen LogP contribution in [-0.4, -0.2) is 48.8 Å². The molecule has 2 aliphatic rings. The van der Waals surface area contributed by atoms with Crippen molar-refractivity contribution in [3.8, 4) is 0 Å². The molecule has 0 radical (unpaired) electrons. The van der Waals surface area contributed by atoms with E-state index < -0.39 is 12.5 Å². The first-order valence-corrected chi connectivity index (χ1v) is 10.4. The fourth-order valence-electron chi connectivity index (χ4n) is 3.39. The average molecular weight is 375 g/mol. The van der Waals surface area contributed by atoms with E-state index in [2.05, 4.69) is 16.5 Å². The molecule has 1 saturated carbocycles. The molecule has 0 spiro atoms. The summed E-state index contributed by atoms with van der Waals surface area (Å²) in [5, 5.41) is 0.335. The lowest BCUT2D eigenvalue weighted by molar-refractivity contribution is -0.0258. The smallest absolute Gasteiger partial charge is 0.278 e. The predicted molar refractivity (Wildman–Crippen MR) is 102 cm³/mol. The van der Waals surface area contributed by atoms with Gasteiger partial charge in [-0.3, -0.25) is 0 Å². The van der Waals surface area contributed by atoms with Gasteiger partial charge in [0.25, 0.3) is 11.2 Å². The van der Waals surface area contributed by atoms with Crippen molar-refractivity contribution < 1.29 is 13.5 Å². The highest BCUT2D eigenvalue weighted by Crippen LogP contribution is 2.27. The number of ether oxygens (including phenoxy) is 1. The van der Waals surface area contributed by atoms with E-state index >= 15 is 0 Å². The first-order chi connectivity index (χ1) is 11.9. The highest BCUT2D eigenvalue weighted by atomic mass is 32.2. The van der Waals surface area contributed by atoms with Crippen molar-refractivity contribution >= 4 is 17.0 Å². The highest BCUT2D eigenvalue weighted by molar-refractivity contribution is 8.16. The van der Waals surface area contributed by atoms with Crippen molar-refractivity contribution in [2.45, 2.75) is 64.2 Å². The molecular weight excluding hydrogens is 342 g/mol. The van der Waals surface area contributed by atoms with Crippen LogP contribution >= 0.6 is 11.8 Å². The lowest BCUT2D eigenvalue weighted by Gasteiger charge is -2.27. The van der Waals surface area contributed by atoms with Crippen molar-refractivity contribution in [3.63, 3.8) is 0 Å². The molecule has 144 valence electrons. The van der Waals surface area contributed by atoms with Crippen LogP contribution in [0.4, 0.5) is 8.78 Å². The van der Waals surface area contributed by atoms with E-state index in [4.69, 9.17) is 4.74 Å². The standard InChI is InChI=1S/C19H32F2N2OS/c1-16-9-13-23(14-10-17-7-4-3-5-8-17)12-6-11-22-18(25-16)24-15-19(2,20)21/h17H,1,3-15H2,2H3/b22-18-. The molecule has 0 aromatic heterocycles. The second kappa shape index (κ2) is 10.5. The number of halogens is 2. The molecule has 0 aromatic carbocycles. The van der Waals surface area contributed by atoms with Crippen molar-refractivity contribution in [2.24, 2.45) is 10.9 Å². The fraction of sp³-hybridized carbons (Fsp3) is 0.842. The Labute approximate surface area is 155 Å². The fourth-order valence-corrected chi connectivity index (χ4v) is 4.11. The van der Waals surface area contributed by atoms with Gasteiger partial charge in [-0.25, -0.2) is 13.8 Å². The van der Waals surface area contributed by atoms with E-state index in [0.717, 1.165) is 50.2 Å². The van der Waals surface area contributed by atoms with Crippen molar-refractivity contribution in [1.29, 1.82) is 0 Å². The van der Waals surface area contributed by atoms with Gasteiger partial charge in [-0.05, 0) is 54.9 Å². The molecule has 3 nitrogen and oxygen atoms in total. The minimum absolute atomic E-state index is 0.335. The molecule has 0 N–H and O–H groups in total. The second-order valence-corrected chi connectivity index (χ2v) is 8.52. The molecular formula is C19H32F2N2OS. The summed E-state index contributed by atoms with van der Waals surface area (Å²) < 4.78 is 31.1. The van der Waals surface area contributed by atoms with Gasteiger partial charge in [-0.15, -0.1) is 0 Å². The van der Waals surface area contributed by atoms with E-state index in [9.17, 15) is 8.78 Å². The summed E-state index contributed by atoms with van der Waals surface area (Å²) in [6, 6.07) is 0. The monoisotopic (exact) mass is 374 g/mol. The Balaban J connectivity index is 1.78. The molecule has 1 heterocycles. The van der Waals surface area contributed by atoms with Gasteiger partial charge >= 0.3 is 0 Å². The molecule has 0 bridgehead atoms. The van der Waals surface area contributed by atoms with Gasteiger partial charge in [0.2, 0.25) is 0 Å². The summed E-state index contributed by atoms with van der Waals surface area (Å²) in [6.07, 6.45) is 10.1. The zero-order valence-corrected chi connectivity index (χ0v) is 16.3. The van der Waals surface area contributed by atoms with Gasteiger partial charge in [0, 0.05) is 20.0 Å². The van der Waals surface area contributed by atoms with Crippen LogP contribution in [0.5, 0.6) is 0 Å². The molecule has 0 saturated heterocycles. The molecule has 1 aliphatic heterocycles. The van der Waals surface area contributed by atoms with Gasteiger partial charge in [0.05, 0.1) is 0 Å². The first kappa shape index (κ1) is 20.7. The van der Waals surface area contributed by atoms with Crippen LogP contribution in [0.25, 0.3) is 0 Å². The molecule has 0 amide bonds. The molecule has 2 rings (SSSR count). The average Bonchev–Trinajstić information content (AvgIpc) is 2.58. The van der Waals surface area contributed by atoms with Crippen molar-refractivity contribution in [2.75, 3.05) is 32.8 Å². The Morgan fingerprint density at radius 1 is 1.24 bits per heavy atom. The molecule has 6 heteroatoms.